The van der Waals surface area contributed by atoms with Crippen LogP contribution in [0.15, 0.2) is 47.1 Å². The van der Waals surface area contributed by atoms with Crippen LogP contribution in [0.4, 0.5) is 0 Å². The summed E-state index contributed by atoms with van der Waals surface area (Å²) in [5, 5.41) is 8.96. The minimum atomic E-state index is -0.886. The molecule has 0 fully saturated rings. The van der Waals surface area contributed by atoms with E-state index in [1.807, 2.05) is 25.2 Å². The number of aryl methyl sites for hydroxylation is 1. The minimum absolute atomic E-state index is 0.359. The van der Waals surface area contributed by atoms with Gasteiger partial charge in [0.25, 0.3) is 0 Å². The van der Waals surface area contributed by atoms with Crippen LogP contribution in [0.25, 0.3) is 6.08 Å². The molecule has 1 N–H and O–H groups in total. The fourth-order valence-corrected chi connectivity index (χ4v) is 2.44. The summed E-state index contributed by atoms with van der Waals surface area (Å²) in [6.07, 6.45) is 9.84. The summed E-state index contributed by atoms with van der Waals surface area (Å²) < 4.78 is 5.41. The molecular formula is C22H28O3. The molecule has 0 saturated heterocycles. The number of methoxy groups -OCH3 is 1. The van der Waals surface area contributed by atoms with Crippen molar-refractivity contribution >= 4 is 12.0 Å². The standard InChI is InChI=1S/C22H28O3/c1-14(9-8-10-15(2)17(4)22(23)24)11-12-20-16(3)13-21(25-7)19(6)18(20)5/h8-13H,1-7H3,(H,23,24)/b10-8+,12-11+,14-9+,17-15+. The Morgan fingerprint density at radius 3 is 2.28 bits per heavy atom. The Morgan fingerprint density at radius 2 is 1.72 bits per heavy atom. The summed E-state index contributed by atoms with van der Waals surface area (Å²) >= 11 is 0. The van der Waals surface area contributed by atoms with E-state index in [1.165, 1.54) is 16.7 Å². The summed E-state index contributed by atoms with van der Waals surface area (Å²) in [5.41, 5.74) is 6.94. The number of aliphatic carboxylic acids is 1. The van der Waals surface area contributed by atoms with Gasteiger partial charge in [0, 0.05) is 5.57 Å². The second-order valence-corrected chi connectivity index (χ2v) is 6.28. The van der Waals surface area contributed by atoms with Crippen LogP contribution >= 0.6 is 0 Å². The molecule has 0 radical (unpaired) electrons. The van der Waals surface area contributed by atoms with Crippen LogP contribution in [0.5, 0.6) is 5.75 Å². The maximum atomic E-state index is 10.9. The SMILES string of the molecule is COc1cc(C)c(/C=C/C(C)=C/C=C/C(C)=C(\C)C(=O)O)c(C)c1C. The van der Waals surface area contributed by atoms with Gasteiger partial charge in [0.2, 0.25) is 0 Å². The molecule has 134 valence electrons. The van der Waals surface area contributed by atoms with Crippen LogP contribution < -0.4 is 4.74 Å². The quantitative estimate of drug-likeness (QED) is 0.545. The predicted molar refractivity (Wildman–Crippen MR) is 105 cm³/mol. The van der Waals surface area contributed by atoms with E-state index in [-0.39, 0.29) is 0 Å². The molecule has 0 aromatic heterocycles. The molecule has 0 aliphatic rings. The van der Waals surface area contributed by atoms with Crippen LogP contribution in [-0.4, -0.2) is 18.2 Å². The highest BCUT2D eigenvalue weighted by atomic mass is 16.5. The Labute approximate surface area is 151 Å². The van der Waals surface area contributed by atoms with E-state index in [0.29, 0.717) is 5.57 Å². The minimum Gasteiger partial charge on any atom is -0.496 e. The van der Waals surface area contributed by atoms with Crippen LogP contribution in [0, 0.1) is 20.8 Å². The zero-order valence-electron chi connectivity index (χ0n) is 16.2. The fraction of sp³-hybridized carbons (Fsp3) is 0.318. The third-order valence-corrected chi connectivity index (χ3v) is 4.46. The Bertz CT molecular complexity index is 775. The molecule has 1 rings (SSSR count). The number of carbonyl (C=O) groups is 1. The fourth-order valence-electron chi connectivity index (χ4n) is 2.44. The number of carboxylic acid groups (broad SMARTS) is 1. The zero-order valence-corrected chi connectivity index (χ0v) is 16.2. The molecule has 3 nitrogen and oxygen atoms in total. The van der Waals surface area contributed by atoms with Gasteiger partial charge >= 0.3 is 5.97 Å². The van der Waals surface area contributed by atoms with Gasteiger partial charge in [-0.2, -0.15) is 0 Å². The van der Waals surface area contributed by atoms with E-state index in [4.69, 9.17) is 9.84 Å². The molecule has 0 spiro atoms. The Hall–Kier alpha value is -2.55. The van der Waals surface area contributed by atoms with Crippen molar-refractivity contribution in [1.29, 1.82) is 0 Å². The van der Waals surface area contributed by atoms with E-state index < -0.39 is 5.97 Å². The summed E-state index contributed by atoms with van der Waals surface area (Å²) in [7, 11) is 1.69. The van der Waals surface area contributed by atoms with Gasteiger partial charge in [-0.05, 0) is 75.4 Å². The van der Waals surface area contributed by atoms with Gasteiger partial charge in [-0.25, -0.2) is 4.79 Å². The first-order chi connectivity index (χ1) is 11.7. The van der Waals surface area contributed by atoms with E-state index in [2.05, 4.69) is 39.0 Å². The second-order valence-electron chi connectivity index (χ2n) is 6.28. The van der Waals surface area contributed by atoms with E-state index in [9.17, 15) is 4.79 Å². The third kappa shape index (κ3) is 5.49. The third-order valence-electron chi connectivity index (χ3n) is 4.46. The lowest BCUT2D eigenvalue weighted by molar-refractivity contribution is -0.132. The van der Waals surface area contributed by atoms with Crippen molar-refractivity contribution in [2.24, 2.45) is 0 Å². The zero-order chi connectivity index (χ0) is 19.1. The normalized spacial score (nSPS) is 13.5. The lowest BCUT2D eigenvalue weighted by Gasteiger charge is -2.13. The van der Waals surface area contributed by atoms with Crippen molar-refractivity contribution in [2.45, 2.75) is 41.5 Å². The van der Waals surface area contributed by atoms with Crippen molar-refractivity contribution in [2.75, 3.05) is 7.11 Å². The molecule has 0 aliphatic carbocycles. The van der Waals surface area contributed by atoms with Crippen molar-refractivity contribution < 1.29 is 14.6 Å². The summed E-state index contributed by atoms with van der Waals surface area (Å²) in [6, 6.07) is 2.06. The Balaban J connectivity index is 3.01. The number of hydrogen-bond donors (Lipinski definition) is 1. The van der Waals surface area contributed by atoms with E-state index >= 15 is 0 Å². The van der Waals surface area contributed by atoms with Crippen molar-refractivity contribution in [3.63, 3.8) is 0 Å². The molecule has 1 aromatic rings. The van der Waals surface area contributed by atoms with Crippen molar-refractivity contribution in [3.8, 4) is 5.75 Å². The summed E-state index contributed by atoms with van der Waals surface area (Å²) in [5.74, 6) is 0.0296. The topological polar surface area (TPSA) is 46.5 Å². The van der Waals surface area contributed by atoms with Crippen LogP contribution in [0.1, 0.15) is 43.0 Å². The maximum Gasteiger partial charge on any atom is 0.331 e. The smallest absolute Gasteiger partial charge is 0.331 e. The van der Waals surface area contributed by atoms with Gasteiger partial charge in [-0.3, -0.25) is 0 Å². The van der Waals surface area contributed by atoms with Crippen molar-refractivity contribution in [1.82, 2.24) is 0 Å². The first-order valence-electron chi connectivity index (χ1n) is 8.27. The summed E-state index contributed by atoms with van der Waals surface area (Å²) in [4.78, 5) is 10.9. The van der Waals surface area contributed by atoms with Gasteiger partial charge in [0.1, 0.15) is 5.75 Å². The molecule has 25 heavy (non-hydrogen) atoms. The van der Waals surface area contributed by atoms with Gasteiger partial charge in [-0.15, -0.1) is 0 Å². The van der Waals surface area contributed by atoms with Crippen LogP contribution in [0.3, 0.4) is 0 Å². The second kappa shape index (κ2) is 9.07. The highest BCUT2D eigenvalue weighted by molar-refractivity contribution is 5.87. The average Bonchev–Trinajstić information content (AvgIpc) is 2.56. The first kappa shape index (κ1) is 20.5. The number of ether oxygens (including phenoxy) is 1. The summed E-state index contributed by atoms with van der Waals surface area (Å²) in [6.45, 7) is 11.7. The molecule has 0 amide bonds. The lowest BCUT2D eigenvalue weighted by Crippen LogP contribution is -1.97. The number of carboxylic acids is 1. The molecule has 0 heterocycles. The van der Waals surface area contributed by atoms with E-state index in [0.717, 1.165) is 22.5 Å². The molecule has 1 aromatic carbocycles. The largest absolute Gasteiger partial charge is 0.496 e. The van der Waals surface area contributed by atoms with Gasteiger partial charge in [0.05, 0.1) is 7.11 Å². The Kier molecular flexibility index (Phi) is 7.43. The number of benzene rings is 1. The number of hydrogen-bond acceptors (Lipinski definition) is 2. The Morgan fingerprint density at radius 1 is 1.08 bits per heavy atom. The average molecular weight is 340 g/mol. The molecule has 0 saturated carbocycles. The molecule has 3 heteroatoms. The lowest BCUT2D eigenvalue weighted by atomic mass is 9.96. The highest BCUT2D eigenvalue weighted by Crippen LogP contribution is 2.28. The maximum absolute atomic E-state index is 10.9. The molecule has 0 unspecified atom stereocenters. The molecule has 0 atom stereocenters. The van der Waals surface area contributed by atoms with Crippen LogP contribution in [0.2, 0.25) is 0 Å². The van der Waals surface area contributed by atoms with Crippen LogP contribution in [-0.2, 0) is 4.79 Å². The predicted octanol–water partition coefficient (Wildman–Crippen LogP) is 5.56. The molecule has 0 aliphatic heterocycles. The van der Waals surface area contributed by atoms with Crippen molar-refractivity contribution in [3.05, 3.63) is 69.3 Å². The number of rotatable bonds is 6. The van der Waals surface area contributed by atoms with Gasteiger partial charge in [0.15, 0.2) is 0 Å². The monoisotopic (exact) mass is 340 g/mol. The number of allylic oxidation sites excluding steroid dienone is 6. The van der Waals surface area contributed by atoms with Gasteiger partial charge in [-0.1, -0.05) is 36.0 Å². The first-order valence-corrected chi connectivity index (χ1v) is 8.27. The highest BCUT2D eigenvalue weighted by Gasteiger charge is 2.08. The molecule has 0 bridgehead atoms. The molecular weight excluding hydrogens is 312 g/mol. The van der Waals surface area contributed by atoms with E-state index in [1.54, 1.807) is 21.0 Å². The van der Waals surface area contributed by atoms with Gasteiger partial charge < -0.3 is 9.84 Å².